The number of furan rings is 1. The number of fused-ring (bicyclic) bond motifs is 1. The third kappa shape index (κ3) is 4.26. The van der Waals surface area contributed by atoms with Crippen LogP contribution < -0.4 is 10.6 Å². The number of hydrogen-bond donors (Lipinski definition) is 2. The van der Waals surface area contributed by atoms with Gasteiger partial charge in [0.2, 0.25) is 0 Å². The summed E-state index contributed by atoms with van der Waals surface area (Å²) in [7, 11) is 0. The van der Waals surface area contributed by atoms with Crippen LogP contribution in [0.2, 0.25) is 0 Å². The average Bonchev–Trinajstić information content (AvgIpc) is 3.42. The van der Waals surface area contributed by atoms with E-state index >= 15 is 0 Å². The Hall–Kier alpha value is -3.05. The highest BCUT2D eigenvalue weighted by Gasteiger charge is 2.50. The van der Waals surface area contributed by atoms with E-state index in [0.29, 0.717) is 0 Å². The summed E-state index contributed by atoms with van der Waals surface area (Å²) in [6.07, 6.45) is -6.00. The van der Waals surface area contributed by atoms with Gasteiger partial charge in [-0.1, -0.05) is 6.07 Å². The predicted molar refractivity (Wildman–Crippen MR) is 94.8 cm³/mol. The van der Waals surface area contributed by atoms with Crippen molar-refractivity contribution in [3.63, 3.8) is 0 Å². The molecule has 2 aliphatic heterocycles. The van der Waals surface area contributed by atoms with E-state index in [0.717, 1.165) is 12.1 Å². The molecular weight excluding hydrogens is 409 g/mol. The number of benzene rings is 1. The highest BCUT2D eigenvalue weighted by molar-refractivity contribution is 5.91. The summed E-state index contributed by atoms with van der Waals surface area (Å²) in [5.41, 5.74) is -0.944. The molecule has 8 nitrogen and oxygen atoms in total. The summed E-state index contributed by atoms with van der Waals surface area (Å²) >= 11 is 0. The molecule has 4 atom stereocenters. The molecule has 2 aliphatic rings. The topological polar surface area (TPSA) is 99.0 Å². The number of carbonyl (C=O) groups is 2. The lowest BCUT2D eigenvalue weighted by molar-refractivity contribution is -0.137. The molecule has 1 aromatic heterocycles. The van der Waals surface area contributed by atoms with Gasteiger partial charge in [-0.05, 0) is 30.3 Å². The molecule has 2 N–H and O–H groups in total. The van der Waals surface area contributed by atoms with Gasteiger partial charge in [-0.2, -0.15) is 13.2 Å². The van der Waals surface area contributed by atoms with Crippen LogP contribution in [0, 0.1) is 0 Å². The van der Waals surface area contributed by atoms with Crippen molar-refractivity contribution in [3.05, 3.63) is 54.0 Å². The minimum absolute atomic E-state index is 0.0263. The third-order valence-electron chi connectivity index (χ3n) is 4.76. The number of rotatable bonds is 4. The van der Waals surface area contributed by atoms with E-state index in [1.807, 2.05) is 0 Å². The lowest BCUT2D eigenvalue weighted by Gasteiger charge is -2.18. The van der Waals surface area contributed by atoms with E-state index in [4.69, 9.17) is 18.6 Å². The van der Waals surface area contributed by atoms with Crippen molar-refractivity contribution in [1.82, 2.24) is 5.32 Å². The summed E-state index contributed by atoms with van der Waals surface area (Å²) in [4.78, 5) is 24.2. The molecule has 3 heterocycles. The first-order chi connectivity index (χ1) is 14.3. The van der Waals surface area contributed by atoms with E-state index in [1.165, 1.54) is 24.5 Å². The molecule has 0 saturated carbocycles. The normalized spacial score (nSPS) is 25.6. The number of nitrogens with one attached hydrogen (secondary N) is 2. The van der Waals surface area contributed by atoms with Gasteiger partial charge in [-0.25, -0.2) is 4.79 Å². The fourth-order valence-corrected chi connectivity index (χ4v) is 3.39. The predicted octanol–water partition coefficient (Wildman–Crippen LogP) is 2.81. The van der Waals surface area contributed by atoms with Crippen LogP contribution in [0.5, 0.6) is 0 Å². The highest BCUT2D eigenvalue weighted by atomic mass is 19.4. The van der Waals surface area contributed by atoms with E-state index in [-0.39, 0.29) is 24.7 Å². The maximum absolute atomic E-state index is 12.8. The van der Waals surface area contributed by atoms with Gasteiger partial charge in [0.1, 0.15) is 12.2 Å². The van der Waals surface area contributed by atoms with Crippen molar-refractivity contribution in [1.29, 1.82) is 0 Å². The molecule has 2 aromatic rings. The summed E-state index contributed by atoms with van der Waals surface area (Å²) in [6, 6.07) is 6.84. The Balaban J connectivity index is 1.32. The molecule has 0 radical (unpaired) electrons. The van der Waals surface area contributed by atoms with E-state index < -0.39 is 48.1 Å². The lowest BCUT2D eigenvalue weighted by atomic mass is 10.1. The first kappa shape index (κ1) is 20.2. The molecule has 2 fully saturated rings. The summed E-state index contributed by atoms with van der Waals surface area (Å²) in [5.74, 6) is -0.283. The van der Waals surface area contributed by atoms with Gasteiger partial charge in [-0.3, -0.25) is 10.1 Å². The smallest absolute Gasteiger partial charge is 0.416 e. The van der Waals surface area contributed by atoms with Crippen LogP contribution in [0.3, 0.4) is 0 Å². The SMILES string of the molecule is O=C(Nc1cccc(C(F)(F)F)c1)O[C@H]1CO[C@@H]2[C@@H]1OC[C@@H]2NC(=O)c1ccco1. The first-order valence-corrected chi connectivity index (χ1v) is 9.04. The van der Waals surface area contributed by atoms with Crippen LogP contribution in [-0.4, -0.2) is 49.6 Å². The summed E-state index contributed by atoms with van der Waals surface area (Å²) in [5, 5.41) is 5.01. The van der Waals surface area contributed by atoms with Gasteiger partial charge in [-0.15, -0.1) is 0 Å². The van der Waals surface area contributed by atoms with Crippen molar-refractivity contribution >= 4 is 17.7 Å². The standard InChI is InChI=1S/C19H17F3N2O6/c20-19(21,22)10-3-1-4-11(7-10)23-18(26)30-14-9-29-15-12(8-28-16(14)15)24-17(25)13-5-2-6-27-13/h1-7,12,14-16H,8-9H2,(H,23,26)(H,24,25)/t12-,14-,15-,16+/m0/s1. The fourth-order valence-electron chi connectivity index (χ4n) is 3.39. The second-order valence-electron chi connectivity index (χ2n) is 6.80. The van der Waals surface area contributed by atoms with Crippen LogP contribution in [0.4, 0.5) is 23.7 Å². The zero-order chi connectivity index (χ0) is 21.3. The quantitative estimate of drug-likeness (QED) is 0.780. The Bertz CT molecular complexity index is 917. The van der Waals surface area contributed by atoms with Crippen LogP contribution in [-0.2, 0) is 20.4 Å². The van der Waals surface area contributed by atoms with Crippen molar-refractivity contribution < 1.29 is 41.4 Å². The number of carbonyl (C=O) groups excluding carboxylic acids is 2. The van der Waals surface area contributed by atoms with Crippen molar-refractivity contribution in [2.24, 2.45) is 0 Å². The number of halogens is 3. The molecule has 2 amide bonds. The third-order valence-corrected chi connectivity index (χ3v) is 4.76. The van der Waals surface area contributed by atoms with E-state index in [9.17, 15) is 22.8 Å². The monoisotopic (exact) mass is 426 g/mol. The first-order valence-electron chi connectivity index (χ1n) is 9.04. The van der Waals surface area contributed by atoms with Crippen molar-refractivity contribution in [2.75, 3.05) is 18.5 Å². The zero-order valence-corrected chi connectivity index (χ0v) is 15.3. The van der Waals surface area contributed by atoms with Crippen molar-refractivity contribution in [3.8, 4) is 0 Å². The van der Waals surface area contributed by atoms with E-state index in [2.05, 4.69) is 10.6 Å². The van der Waals surface area contributed by atoms with Crippen LogP contribution in [0.1, 0.15) is 16.1 Å². The lowest BCUT2D eigenvalue weighted by Crippen LogP contribution is -2.44. The molecule has 2 saturated heterocycles. The second-order valence-corrected chi connectivity index (χ2v) is 6.80. The highest BCUT2D eigenvalue weighted by Crippen LogP contribution is 2.31. The number of ether oxygens (including phenoxy) is 3. The largest absolute Gasteiger partial charge is 0.459 e. The molecule has 30 heavy (non-hydrogen) atoms. The molecule has 1 aromatic carbocycles. The molecule has 11 heteroatoms. The van der Waals surface area contributed by atoms with Crippen molar-refractivity contribution in [2.45, 2.75) is 30.5 Å². The van der Waals surface area contributed by atoms with Crippen LogP contribution >= 0.6 is 0 Å². The fraction of sp³-hybridized carbons (Fsp3) is 0.368. The average molecular weight is 426 g/mol. The molecule has 160 valence electrons. The van der Waals surface area contributed by atoms with Gasteiger partial charge >= 0.3 is 12.3 Å². The van der Waals surface area contributed by atoms with Gasteiger partial charge in [0.15, 0.2) is 11.9 Å². The molecule has 4 rings (SSSR count). The number of anilines is 1. The maximum Gasteiger partial charge on any atom is 0.416 e. The summed E-state index contributed by atoms with van der Waals surface area (Å²) < 4.78 is 59.9. The van der Waals surface area contributed by atoms with Gasteiger partial charge in [0.25, 0.3) is 5.91 Å². The number of amides is 2. The Labute approximate surface area is 168 Å². The minimum atomic E-state index is -4.53. The molecular formula is C19H17F3N2O6. The molecule has 0 unspecified atom stereocenters. The second kappa shape index (κ2) is 8.00. The van der Waals surface area contributed by atoms with Gasteiger partial charge in [0.05, 0.1) is 31.1 Å². The maximum atomic E-state index is 12.8. The number of hydrogen-bond acceptors (Lipinski definition) is 6. The van der Waals surface area contributed by atoms with Crippen LogP contribution in [0.15, 0.2) is 47.1 Å². The zero-order valence-electron chi connectivity index (χ0n) is 15.3. The Kier molecular flexibility index (Phi) is 5.39. The summed E-state index contributed by atoms with van der Waals surface area (Å²) in [6.45, 7) is 0.176. The Morgan fingerprint density at radius 1 is 1.07 bits per heavy atom. The van der Waals surface area contributed by atoms with Gasteiger partial charge in [0, 0.05) is 5.69 Å². The molecule has 0 bridgehead atoms. The Morgan fingerprint density at radius 3 is 2.60 bits per heavy atom. The number of alkyl halides is 3. The Morgan fingerprint density at radius 2 is 1.87 bits per heavy atom. The van der Waals surface area contributed by atoms with E-state index in [1.54, 1.807) is 6.07 Å². The minimum Gasteiger partial charge on any atom is -0.459 e. The molecule has 0 aliphatic carbocycles. The molecule has 0 spiro atoms. The van der Waals surface area contributed by atoms with Crippen LogP contribution in [0.25, 0.3) is 0 Å². The van der Waals surface area contributed by atoms with Gasteiger partial charge < -0.3 is 23.9 Å².